The second kappa shape index (κ2) is 3.73. The first-order valence-electron chi connectivity index (χ1n) is 5.11. The quantitative estimate of drug-likeness (QED) is 0.631. The number of rotatable bonds is 2. The molecule has 0 aromatic rings. The summed E-state index contributed by atoms with van der Waals surface area (Å²) >= 11 is 0. The van der Waals surface area contributed by atoms with Crippen LogP contribution in [0.1, 0.15) is 32.1 Å². The number of nitrogens with one attached hydrogen (secondary N) is 1. The summed E-state index contributed by atoms with van der Waals surface area (Å²) in [6.45, 7) is 2.46. The van der Waals surface area contributed by atoms with Crippen molar-refractivity contribution in [1.82, 2.24) is 10.4 Å². The molecule has 0 spiro atoms. The molecular weight excluding hydrogens is 150 g/mol. The molecule has 0 bridgehead atoms. The van der Waals surface area contributed by atoms with Gasteiger partial charge in [-0.3, -0.25) is 5.43 Å². The maximum absolute atomic E-state index is 5.72. The molecule has 0 atom stereocenters. The number of hydrazine groups is 1. The van der Waals surface area contributed by atoms with Gasteiger partial charge < -0.3 is 5.73 Å². The fourth-order valence-corrected chi connectivity index (χ4v) is 2.05. The summed E-state index contributed by atoms with van der Waals surface area (Å²) in [5, 5.41) is 2.38. The van der Waals surface area contributed by atoms with E-state index in [4.69, 9.17) is 5.73 Å². The van der Waals surface area contributed by atoms with E-state index in [1.54, 1.807) is 0 Å². The fourth-order valence-electron chi connectivity index (χ4n) is 2.05. The number of nitrogens with two attached hydrogens (primary N) is 1. The second-order valence-corrected chi connectivity index (χ2v) is 4.11. The summed E-state index contributed by atoms with van der Waals surface area (Å²) in [7, 11) is 0. The predicted molar refractivity (Wildman–Crippen MR) is 49.6 cm³/mol. The maximum atomic E-state index is 5.72. The molecule has 0 radical (unpaired) electrons. The molecule has 2 fully saturated rings. The van der Waals surface area contributed by atoms with Gasteiger partial charge in [-0.05, 0) is 25.7 Å². The van der Waals surface area contributed by atoms with Gasteiger partial charge in [-0.15, -0.1) is 0 Å². The minimum atomic E-state index is 0.465. The zero-order valence-electron chi connectivity index (χ0n) is 7.63. The summed E-state index contributed by atoms with van der Waals surface area (Å²) in [5.74, 6) is 0. The number of piperidine rings is 1. The van der Waals surface area contributed by atoms with E-state index in [1.165, 1.54) is 32.4 Å². The van der Waals surface area contributed by atoms with E-state index in [1.807, 2.05) is 0 Å². The molecule has 70 valence electrons. The van der Waals surface area contributed by atoms with Crippen molar-refractivity contribution in [3.8, 4) is 0 Å². The second-order valence-electron chi connectivity index (χ2n) is 4.11. The first kappa shape index (κ1) is 8.48. The Labute approximate surface area is 74.3 Å². The van der Waals surface area contributed by atoms with Crippen molar-refractivity contribution < 1.29 is 0 Å². The van der Waals surface area contributed by atoms with Crippen LogP contribution in [0.15, 0.2) is 0 Å². The maximum Gasteiger partial charge on any atom is 0.0244 e. The smallest absolute Gasteiger partial charge is 0.0244 e. The molecule has 0 amide bonds. The topological polar surface area (TPSA) is 41.3 Å². The van der Waals surface area contributed by atoms with Crippen LogP contribution in [0.5, 0.6) is 0 Å². The molecule has 1 heterocycles. The normalized spacial score (nSPS) is 37.8. The van der Waals surface area contributed by atoms with E-state index in [9.17, 15) is 0 Å². The molecule has 1 aliphatic heterocycles. The first-order valence-corrected chi connectivity index (χ1v) is 5.11. The van der Waals surface area contributed by atoms with Gasteiger partial charge >= 0.3 is 0 Å². The van der Waals surface area contributed by atoms with Crippen molar-refractivity contribution >= 4 is 0 Å². The fraction of sp³-hybridized carbons (Fsp3) is 1.00. The molecule has 3 N–H and O–H groups in total. The average molecular weight is 169 g/mol. The highest BCUT2D eigenvalue weighted by atomic mass is 15.5. The highest BCUT2D eigenvalue weighted by Crippen LogP contribution is 2.18. The molecular formula is C9H19N3. The van der Waals surface area contributed by atoms with E-state index in [-0.39, 0.29) is 0 Å². The Bertz CT molecular complexity index is 137. The zero-order chi connectivity index (χ0) is 8.39. The Morgan fingerprint density at radius 1 is 1.08 bits per heavy atom. The average Bonchev–Trinajstić information content (AvgIpc) is 2.04. The van der Waals surface area contributed by atoms with Gasteiger partial charge in [-0.1, -0.05) is 6.42 Å². The van der Waals surface area contributed by atoms with Crippen LogP contribution in [0.4, 0.5) is 0 Å². The van der Waals surface area contributed by atoms with Gasteiger partial charge in [-0.25, -0.2) is 5.01 Å². The van der Waals surface area contributed by atoms with Gasteiger partial charge in [-0.2, -0.15) is 0 Å². The Morgan fingerprint density at radius 2 is 1.75 bits per heavy atom. The van der Waals surface area contributed by atoms with Crippen LogP contribution in [0.2, 0.25) is 0 Å². The van der Waals surface area contributed by atoms with Crippen molar-refractivity contribution in [3.05, 3.63) is 0 Å². The van der Waals surface area contributed by atoms with E-state index in [2.05, 4.69) is 10.4 Å². The molecule has 2 aliphatic rings. The minimum Gasteiger partial charge on any atom is -0.328 e. The summed E-state index contributed by atoms with van der Waals surface area (Å²) in [4.78, 5) is 0. The Hall–Kier alpha value is -0.120. The molecule has 3 heteroatoms. The van der Waals surface area contributed by atoms with E-state index < -0.39 is 0 Å². The predicted octanol–water partition coefficient (Wildman–Crippen LogP) is 0.467. The molecule has 3 nitrogen and oxygen atoms in total. The van der Waals surface area contributed by atoms with Gasteiger partial charge in [0, 0.05) is 25.2 Å². The van der Waals surface area contributed by atoms with Crippen LogP contribution in [0, 0.1) is 0 Å². The third-order valence-electron chi connectivity index (χ3n) is 2.90. The van der Waals surface area contributed by atoms with Crippen LogP contribution in [-0.4, -0.2) is 30.2 Å². The van der Waals surface area contributed by atoms with Crippen LogP contribution in [0.3, 0.4) is 0 Å². The molecule has 1 saturated heterocycles. The van der Waals surface area contributed by atoms with E-state index >= 15 is 0 Å². The Kier molecular flexibility index (Phi) is 2.63. The van der Waals surface area contributed by atoms with Gasteiger partial charge in [0.2, 0.25) is 0 Å². The summed E-state index contributed by atoms with van der Waals surface area (Å²) in [6.07, 6.45) is 6.44. The third-order valence-corrected chi connectivity index (χ3v) is 2.90. The Morgan fingerprint density at radius 3 is 2.33 bits per heavy atom. The van der Waals surface area contributed by atoms with Crippen LogP contribution in [-0.2, 0) is 0 Å². The molecule has 0 aromatic heterocycles. The van der Waals surface area contributed by atoms with E-state index in [0.29, 0.717) is 12.1 Å². The summed E-state index contributed by atoms with van der Waals surface area (Å²) in [5.41, 5.74) is 9.25. The van der Waals surface area contributed by atoms with Crippen LogP contribution >= 0.6 is 0 Å². The molecule has 1 saturated carbocycles. The van der Waals surface area contributed by atoms with E-state index in [0.717, 1.165) is 12.8 Å². The number of hydrogen-bond acceptors (Lipinski definition) is 3. The van der Waals surface area contributed by atoms with Crippen molar-refractivity contribution in [2.24, 2.45) is 5.73 Å². The molecule has 0 unspecified atom stereocenters. The van der Waals surface area contributed by atoms with Gasteiger partial charge in [0.1, 0.15) is 0 Å². The molecule has 2 rings (SSSR count). The largest absolute Gasteiger partial charge is 0.328 e. The lowest BCUT2D eigenvalue weighted by atomic mass is 9.88. The molecule has 1 aliphatic carbocycles. The zero-order valence-corrected chi connectivity index (χ0v) is 7.63. The monoisotopic (exact) mass is 169 g/mol. The van der Waals surface area contributed by atoms with Crippen LogP contribution < -0.4 is 11.2 Å². The molecule has 12 heavy (non-hydrogen) atoms. The van der Waals surface area contributed by atoms with Crippen LogP contribution in [0.25, 0.3) is 0 Å². The van der Waals surface area contributed by atoms with Crippen molar-refractivity contribution in [1.29, 1.82) is 0 Å². The van der Waals surface area contributed by atoms with Gasteiger partial charge in [0.25, 0.3) is 0 Å². The Balaban J connectivity index is 1.65. The lowest BCUT2D eigenvalue weighted by Gasteiger charge is -2.39. The van der Waals surface area contributed by atoms with Gasteiger partial charge in [0.05, 0.1) is 0 Å². The standard InChI is InChI=1S/C9H19N3/c10-8-6-9(7-8)11-12-4-2-1-3-5-12/h8-9,11H,1-7,10H2. The lowest BCUT2D eigenvalue weighted by molar-refractivity contribution is 0.0928. The summed E-state index contributed by atoms with van der Waals surface area (Å²) in [6, 6.07) is 1.14. The SMILES string of the molecule is NC1CC(NN2CCCCC2)C1. The summed E-state index contributed by atoms with van der Waals surface area (Å²) < 4.78 is 0. The molecule has 0 aromatic carbocycles. The highest BCUT2D eigenvalue weighted by molar-refractivity contribution is 4.87. The third kappa shape index (κ3) is 1.97. The van der Waals surface area contributed by atoms with Crippen molar-refractivity contribution in [2.75, 3.05) is 13.1 Å². The number of nitrogens with zero attached hydrogens (tertiary/aromatic N) is 1. The lowest BCUT2D eigenvalue weighted by Crippen LogP contribution is -2.55. The van der Waals surface area contributed by atoms with Crippen molar-refractivity contribution in [2.45, 2.75) is 44.2 Å². The number of hydrogen-bond donors (Lipinski definition) is 2. The minimum absolute atomic E-state index is 0.465. The first-order chi connectivity index (χ1) is 5.84. The van der Waals surface area contributed by atoms with Crippen molar-refractivity contribution in [3.63, 3.8) is 0 Å². The van der Waals surface area contributed by atoms with Gasteiger partial charge in [0.15, 0.2) is 0 Å². The highest BCUT2D eigenvalue weighted by Gasteiger charge is 2.27.